The van der Waals surface area contributed by atoms with Crippen LogP contribution in [0.25, 0.3) is 6.08 Å². The summed E-state index contributed by atoms with van der Waals surface area (Å²) in [5, 5.41) is 11.7. The van der Waals surface area contributed by atoms with Gasteiger partial charge < -0.3 is 19.5 Å². The number of rotatable bonds is 8. The quantitative estimate of drug-likeness (QED) is 0.590. The number of thioether (sulfide) groups is 1. The minimum absolute atomic E-state index is 0.0323. The lowest BCUT2D eigenvalue weighted by Gasteiger charge is -2.20. The zero-order valence-corrected chi connectivity index (χ0v) is 19.0. The molecule has 1 aromatic rings. The first kappa shape index (κ1) is 23.5. The summed E-state index contributed by atoms with van der Waals surface area (Å²) in [6.45, 7) is 0.127. The Balaban J connectivity index is 1.69. The average molecular weight is 460 g/mol. The first-order valence-corrected chi connectivity index (χ1v) is 11.0. The van der Waals surface area contributed by atoms with E-state index in [-0.39, 0.29) is 23.9 Å². The third kappa shape index (κ3) is 4.53. The molecule has 1 aliphatic carbocycles. The molecular weight excluding hydrogens is 434 g/mol. The lowest BCUT2D eigenvalue weighted by molar-refractivity contribution is -0.128. The topological polar surface area (TPSA) is 118 Å². The summed E-state index contributed by atoms with van der Waals surface area (Å²) < 4.78 is 15.9. The van der Waals surface area contributed by atoms with Crippen LogP contribution in [0.4, 0.5) is 4.79 Å². The fourth-order valence-corrected chi connectivity index (χ4v) is 4.71. The maximum Gasteiger partial charge on any atom is 0.293 e. The zero-order chi connectivity index (χ0) is 23.3. The van der Waals surface area contributed by atoms with Crippen LogP contribution in [0, 0.1) is 16.7 Å². The molecular formula is C22H25N3O6S. The highest BCUT2D eigenvalue weighted by molar-refractivity contribution is 8.18. The van der Waals surface area contributed by atoms with Gasteiger partial charge in [-0.3, -0.25) is 19.3 Å². The molecule has 0 bridgehead atoms. The molecule has 0 spiro atoms. The van der Waals surface area contributed by atoms with Crippen molar-refractivity contribution in [3.63, 3.8) is 0 Å². The fourth-order valence-electron chi connectivity index (χ4n) is 3.85. The first-order valence-electron chi connectivity index (χ1n) is 10.1. The molecule has 1 heterocycles. The van der Waals surface area contributed by atoms with Crippen LogP contribution < -0.4 is 19.5 Å². The van der Waals surface area contributed by atoms with Gasteiger partial charge in [-0.05, 0) is 48.4 Å². The van der Waals surface area contributed by atoms with E-state index in [0.29, 0.717) is 35.7 Å². The molecule has 32 heavy (non-hydrogen) atoms. The second kappa shape index (κ2) is 9.96. The highest BCUT2D eigenvalue weighted by Gasteiger charge is 2.41. The monoisotopic (exact) mass is 459 g/mol. The number of benzene rings is 1. The van der Waals surface area contributed by atoms with Crippen molar-refractivity contribution in [2.45, 2.75) is 25.7 Å². The molecule has 9 nitrogen and oxygen atoms in total. The number of ether oxygens (including phenoxy) is 3. The van der Waals surface area contributed by atoms with Gasteiger partial charge in [-0.15, -0.1) is 0 Å². The van der Waals surface area contributed by atoms with Crippen LogP contribution in [-0.2, 0) is 9.59 Å². The van der Waals surface area contributed by atoms with Gasteiger partial charge in [0.05, 0.1) is 32.3 Å². The second-order valence-electron chi connectivity index (χ2n) is 7.45. The number of carbonyl (C=O) groups excluding carboxylic acids is 3. The molecule has 1 saturated heterocycles. The van der Waals surface area contributed by atoms with Crippen LogP contribution in [0.1, 0.15) is 31.2 Å². The molecule has 0 unspecified atom stereocenters. The van der Waals surface area contributed by atoms with Crippen molar-refractivity contribution in [2.24, 2.45) is 5.41 Å². The maximum atomic E-state index is 12.8. The van der Waals surface area contributed by atoms with Crippen molar-refractivity contribution in [2.75, 3.05) is 34.4 Å². The Morgan fingerprint density at radius 1 is 1.19 bits per heavy atom. The Morgan fingerprint density at radius 2 is 1.81 bits per heavy atom. The molecule has 0 atom stereocenters. The Hall–Kier alpha value is -3.19. The Labute approximate surface area is 190 Å². The van der Waals surface area contributed by atoms with E-state index in [9.17, 15) is 19.6 Å². The Morgan fingerprint density at radius 3 is 2.34 bits per heavy atom. The third-order valence-electron chi connectivity index (χ3n) is 5.59. The molecule has 1 aliphatic heterocycles. The second-order valence-corrected chi connectivity index (χ2v) is 8.44. The van der Waals surface area contributed by atoms with Crippen LogP contribution in [0.15, 0.2) is 17.0 Å². The summed E-state index contributed by atoms with van der Waals surface area (Å²) in [4.78, 5) is 38.9. The predicted molar refractivity (Wildman–Crippen MR) is 118 cm³/mol. The summed E-state index contributed by atoms with van der Waals surface area (Å²) in [7, 11) is 4.48. The lowest BCUT2D eigenvalue weighted by atomic mass is 9.87. The van der Waals surface area contributed by atoms with Gasteiger partial charge in [-0.25, -0.2) is 0 Å². The summed E-state index contributed by atoms with van der Waals surface area (Å²) in [6.07, 6.45) is 4.34. The van der Waals surface area contributed by atoms with Crippen LogP contribution in [0.3, 0.4) is 0 Å². The van der Waals surface area contributed by atoms with Gasteiger partial charge in [0.15, 0.2) is 11.5 Å². The van der Waals surface area contributed by atoms with E-state index in [4.69, 9.17) is 14.2 Å². The van der Waals surface area contributed by atoms with Crippen molar-refractivity contribution >= 4 is 34.9 Å². The van der Waals surface area contributed by atoms with E-state index in [1.807, 2.05) is 0 Å². The Kier molecular flexibility index (Phi) is 7.30. The summed E-state index contributed by atoms with van der Waals surface area (Å²) in [5.74, 6) is 0.501. The van der Waals surface area contributed by atoms with Crippen molar-refractivity contribution < 1.29 is 28.6 Å². The van der Waals surface area contributed by atoms with Crippen molar-refractivity contribution in [1.29, 1.82) is 5.26 Å². The van der Waals surface area contributed by atoms with E-state index < -0.39 is 16.6 Å². The highest BCUT2D eigenvalue weighted by atomic mass is 32.2. The number of nitrogens with zero attached hydrogens (tertiary/aromatic N) is 2. The van der Waals surface area contributed by atoms with Gasteiger partial charge in [0, 0.05) is 13.1 Å². The van der Waals surface area contributed by atoms with Gasteiger partial charge in [-0.2, -0.15) is 5.26 Å². The van der Waals surface area contributed by atoms with Gasteiger partial charge >= 0.3 is 0 Å². The SMILES string of the molecule is COc1cc(/C=C2\SC(=O)N(CCNC(=O)C3(C#N)CCCC3)C2=O)cc(OC)c1OC. The van der Waals surface area contributed by atoms with Gasteiger partial charge in [-0.1, -0.05) is 12.8 Å². The molecule has 3 rings (SSSR count). The molecule has 2 fully saturated rings. The molecule has 3 amide bonds. The first-order chi connectivity index (χ1) is 15.4. The molecule has 10 heteroatoms. The van der Waals surface area contributed by atoms with Gasteiger partial charge in [0.25, 0.3) is 11.1 Å². The summed E-state index contributed by atoms with van der Waals surface area (Å²) in [5.41, 5.74) is -0.388. The van der Waals surface area contributed by atoms with Crippen LogP contribution in [0.2, 0.25) is 0 Å². The summed E-state index contributed by atoms with van der Waals surface area (Å²) >= 11 is 0.822. The van der Waals surface area contributed by atoms with Crippen molar-refractivity contribution in [3.05, 3.63) is 22.6 Å². The van der Waals surface area contributed by atoms with E-state index >= 15 is 0 Å². The maximum absolute atomic E-state index is 12.8. The van der Waals surface area contributed by atoms with Crippen LogP contribution >= 0.6 is 11.8 Å². The van der Waals surface area contributed by atoms with Crippen molar-refractivity contribution in [1.82, 2.24) is 10.2 Å². The molecule has 1 aromatic carbocycles. The molecule has 170 valence electrons. The normalized spacial score (nSPS) is 18.6. The van der Waals surface area contributed by atoms with Gasteiger partial charge in [0.2, 0.25) is 11.7 Å². The average Bonchev–Trinajstić information content (AvgIpc) is 3.39. The Bertz CT molecular complexity index is 969. The number of amides is 3. The molecule has 0 aromatic heterocycles. The number of hydrogen-bond acceptors (Lipinski definition) is 8. The molecule has 1 N–H and O–H groups in total. The molecule has 1 saturated carbocycles. The van der Waals surface area contributed by atoms with E-state index in [1.54, 1.807) is 18.2 Å². The lowest BCUT2D eigenvalue weighted by Crippen LogP contribution is -2.43. The highest BCUT2D eigenvalue weighted by Crippen LogP contribution is 2.40. The number of nitrogens with one attached hydrogen (secondary N) is 1. The number of imide groups is 1. The van der Waals surface area contributed by atoms with Gasteiger partial charge in [0.1, 0.15) is 5.41 Å². The molecule has 0 radical (unpaired) electrons. The van der Waals surface area contributed by atoms with Crippen molar-refractivity contribution in [3.8, 4) is 23.3 Å². The van der Waals surface area contributed by atoms with E-state index in [0.717, 1.165) is 29.5 Å². The third-order valence-corrected chi connectivity index (χ3v) is 6.49. The smallest absolute Gasteiger partial charge is 0.293 e. The van der Waals surface area contributed by atoms with Crippen LogP contribution in [-0.4, -0.2) is 56.4 Å². The number of nitriles is 1. The standard InChI is InChI=1S/C22H25N3O6S/c1-29-15-10-14(11-16(30-2)18(15)31-3)12-17-19(26)25(21(28)32-17)9-8-24-20(27)22(13-23)6-4-5-7-22/h10-12H,4-9H2,1-3H3,(H,24,27)/b17-12-. The zero-order valence-electron chi connectivity index (χ0n) is 18.2. The van der Waals surface area contributed by atoms with E-state index in [1.165, 1.54) is 21.3 Å². The minimum atomic E-state index is -0.995. The van der Waals surface area contributed by atoms with Crippen LogP contribution in [0.5, 0.6) is 17.2 Å². The number of carbonyl (C=O) groups is 3. The number of hydrogen-bond donors (Lipinski definition) is 1. The predicted octanol–water partition coefficient (Wildman–Crippen LogP) is 2.95. The fraction of sp³-hybridized carbons (Fsp3) is 0.455. The summed E-state index contributed by atoms with van der Waals surface area (Å²) in [6, 6.07) is 5.49. The van der Waals surface area contributed by atoms with E-state index in [2.05, 4.69) is 11.4 Å². The minimum Gasteiger partial charge on any atom is -0.493 e. The molecule has 2 aliphatic rings. The number of methoxy groups -OCH3 is 3. The largest absolute Gasteiger partial charge is 0.493 e.